The third-order valence-electron chi connectivity index (χ3n) is 4.69. The lowest BCUT2D eigenvalue weighted by molar-refractivity contribution is -0.863. The Hall–Kier alpha value is -3.09. The summed E-state index contributed by atoms with van der Waals surface area (Å²) in [5.74, 6) is 0.624. The molecule has 172 valence electrons. The van der Waals surface area contributed by atoms with E-state index < -0.39 is 17.6 Å². The minimum Gasteiger partial charge on any atom is -0.493 e. The molecule has 12 heteroatoms. The molecule has 3 rings (SSSR count). The fraction of sp³-hybridized carbons (Fsp3) is 0.300. The quantitative estimate of drug-likeness (QED) is 0.264. The van der Waals surface area contributed by atoms with Crippen molar-refractivity contribution in [3.63, 3.8) is 0 Å². The topological polar surface area (TPSA) is 97.5 Å². The second-order valence-corrected chi connectivity index (χ2v) is 7.62. The molecule has 8 nitrogen and oxygen atoms in total. The van der Waals surface area contributed by atoms with Gasteiger partial charge in [0.2, 0.25) is 0 Å². The van der Waals surface area contributed by atoms with Crippen LogP contribution in [0.2, 0.25) is 0 Å². The number of nitrogens with two attached hydrogens (primary N) is 1. The van der Waals surface area contributed by atoms with E-state index in [1.807, 2.05) is 6.07 Å². The Balaban J connectivity index is 1.83. The summed E-state index contributed by atoms with van der Waals surface area (Å²) in [6.07, 6.45) is -4.14. The molecule has 0 aliphatic heterocycles. The molecule has 1 heterocycles. The van der Waals surface area contributed by atoms with Gasteiger partial charge in [0.15, 0.2) is 21.9 Å². The number of rotatable bonds is 8. The summed E-state index contributed by atoms with van der Waals surface area (Å²) in [5, 5.41) is 12.2. The Bertz CT molecular complexity index is 1130. The third kappa shape index (κ3) is 4.71. The molecule has 1 aromatic heterocycles. The van der Waals surface area contributed by atoms with Crippen LogP contribution in [0, 0.1) is 0 Å². The summed E-state index contributed by atoms with van der Waals surface area (Å²) >= 11 is 0.915. The molecular weight excluding hydrogens is 451 g/mol. The number of ether oxygens (including phenoxy) is 2. The van der Waals surface area contributed by atoms with Gasteiger partial charge in [-0.1, -0.05) is 6.07 Å². The van der Waals surface area contributed by atoms with Gasteiger partial charge in [-0.2, -0.15) is 18.7 Å². The van der Waals surface area contributed by atoms with Crippen LogP contribution in [-0.4, -0.2) is 39.0 Å². The van der Waals surface area contributed by atoms with Crippen molar-refractivity contribution in [1.82, 2.24) is 5.32 Å². The summed E-state index contributed by atoms with van der Waals surface area (Å²) < 4.78 is 51.4. The largest absolute Gasteiger partial charge is 0.493 e. The molecule has 32 heavy (non-hydrogen) atoms. The monoisotopic (exact) mass is 473 g/mol. The first kappa shape index (κ1) is 23.6. The van der Waals surface area contributed by atoms with Gasteiger partial charge in [-0.3, -0.25) is 9.63 Å². The summed E-state index contributed by atoms with van der Waals surface area (Å²) in [6.45, 7) is 0.263. The highest BCUT2D eigenvalue weighted by Crippen LogP contribution is 2.35. The van der Waals surface area contributed by atoms with Crippen molar-refractivity contribution in [2.24, 2.45) is 0 Å². The zero-order valence-corrected chi connectivity index (χ0v) is 18.3. The van der Waals surface area contributed by atoms with Gasteiger partial charge in [0.25, 0.3) is 5.52 Å². The molecule has 0 atom stereocenters. The minimum atomic E-state index is -4.62. The molecule has 0 saturated heterocycles. The van der Waals surface area contributed by atoms with Crippen LogP contribution in [0.4, 0.5) is 18.9 Å². The first-order valence-corrected chi connectivity index (χ1v) is 10.2. The van der Waals surface area contributed by atoms with Crippen LogP contribution in [0.25, 0.3) is 10.2 Å². The standard InChI is InChI=1S/C20H20F3N3O5S/c1-29-15-5-4-11(8-16(15)30-2)6-7-24-18(27)19-26(31-3)14-10-12(20(21,22)23)9-13(25-28)17(14)32-19/h4-5,8-10,25,28H,6-7H2,1-3H3/p+2. The zero-order chi connectivity index (χ0) is 23.5. The van der Waals surface area contributed by atoms with E-state index in [0.29, 0.717) is 23.4 Å². The van der Waals surface area contributed by atoms with Crippen molar-refractivity contribution in [1.29, 1.82) is 0 Å². The van der Waals surface area contributed by atoms with Crippen LogP contribution in [0.5, 0.6) is 11.5 Å². The normalized spacial score (nSPS) is 11.5. The van der Waals surface area contributed by atoms with Gasteiger partial charge >= 0.3 is 17.1 Å². The Morgan fingerprint density at radius 1 is 1.16 bits per heavy atom. The molecule has 1 amide bonds. The number of methoxy groups -OCH3 is 2. The van der Waals surface area contributed by atoms with Crippen LogP contribution >= 0.6 is 11.3 Å². The fourth-order valence-electron chi connectivity index (χ4n) is 3.16. The molecule has 0 aliphatic rings. The number of thiazole rings is 1. The number of hydrogen-bond donors (Lipinski definition) is 3. The Labute approximate surface area is 185 Å². The number of amides is 1. The lowest BCUT2D eigenvalue weighted by atomic mass is 10.1. The SMILES string of the molecule is COc1ccc(CCNC(=O)c2sc3c([NH2+]O)cc(C(F)(F)F)cc3[n+]2OC)cc1OC. The Morgan fingerprint density at radius 2 is 1.88 bits per heavy atom. The minimum absolute atomic E-state index is 0.0256. The number of aromatic nitrogens is 1. The number of nitrogens with one attached hydrogen (secondary N) is 1. The van der Waals surface area contributed by atoms with Crippen LogP contribution in [-0.2, 0) is 12.6 Å². The van der Waals surface area contributed by atoms with Gasteiger partial charge in [0.1, 0.15) is 7.11 Å². The molecule has 0 radical (unpaired) electrons. The summed E-state index contributed by atoms with van der Waals surface area (Å²) in [7, 11) is 4.30. The van der Waals surface area contributed by atoms with E-state index in [2.05, 4.69) is 5.32 Å². The number of fused-ring (bicyclic) bond motifs is 1. The van der Waals surface area contributed by atoms with Gasteiger partial charge in [-0.15, -0.1) is 0 Å². The number of carbonyl (C=O) groups is 1. The molecule has 4 N–H and O–H groups in total. The van der Waals surface area contributed by atoms with E-state index in [4.69, 9.17) is 14.3 Å². The molecule has 0 saturated carbocycles. The molecular formula is C20H22F3N3O5S+2. The second-order valence-electron chi connectivity index (χ2n) is 6.62. The predicted octanol–water partition coefficient (Wildman–Crippen LogP) is 1.84. The average molecular weight is 473 g/mol. The Morgan fingerprint density at radius 3 is 2.47 bits per heavy atom. The van der Waals surface area contributed by atoms with E-state index in [1.165, 1.54) is 21.3 Å². The van der Waals surface area contributed by atoms with Crippen molar-refractivity contribution >= 4 is 33.1 Å². The maximum absolute atomic E-state index is 13.2. The van der Waals surface area contributed by atoms with Crippen molar-refractivity contribution in [2.45, 2.75) is 12.6 Å². The number of quaternary nitrogens is 1. The average Bonchev–Trinajstić information content (AvgIpc) is 3.16. The van der Waals surface area contributed by atoms with E-state index in [1.54, 1.807) is 12.1 Å². The predicted molar refractivity (Wildman–Crippen MR) is 108 cm³/mol. The third-order valence-corrected chi connectivity index (χ3v) is 5.88. The zero-order valence-electron chi connectivity index (χ0n) is 17.4. The van der Waals surface area contributed by atoms with Gasteiger partial charge in [0.05, 0.1) is 19.8 Å². The number of benzene rings is 2. The first-order chi connectivity index (χ1) is 15.2. The summed E-state index contributed by atoms with van der Waals surface area (Å²) in [6, 6.07) is 7.08. The number of nitrogens with zero attached hydrogens (tertiary/aromatic N) is 1. The molecule has 3 aromatic rings. The lowest BCUT2D eigenvalue weighted by Gasteiger charge is -2.09. The maximum Gasteiger partial charge on any atom is 0.416 e. The molecule has 2 aromatic carbocycles. The van der Waals surface area contributed by atoms with E-state index in [-0.39, 0.29) is 27.5 Å². The molecule has 0 bridgehead atoms. The summed E-state index contributed by atoms with van der Waals surface area (Å²) in [4.78, 5) is 17.9. The van der Waals surface area contributed by atoms with Gasteiger partial charge in [0, 0.05) is 23.4 Å². The van der Waals surface area contributed by atoms with Gasteiger partial charge in [-0.25, -0.2) is 5.21 Å². The van der Waals surface area contributed by atoms with Crippen molar-refractivity contribution < 1.29 is 47.7 Å². The highest BCUT2D eigenvalue weighted by molar-refractivity contribution is 7.20. The van der Waals surface area contributed by atoms with E-state index in [0.717, 1.165) is 33.8 Å². The van der Waals surface area contributed by atoms with Crippen LogP contribution in [0.15, 0.2) is 30.3 Å². The van der Waals surface area contributed by atoms with Crippen LogP contribution in [0.1, 0.15) is 20.9 Å². The maximum atomic E-state index is 13.2. The first-order valence-electron chi connectivity index (χ1n) is 9.34. The van der Waals surface area contributed by atoms with Gasteiger partial charge < -0.3 is 14.8 Å². The fourth-order valence-corrected chi connectivity index (χ4v) is 4.25. The smallest absolute Gasteiger partial charge is 0.416 e. The molecule has 0 aliphatic carbocycles. The number of halogens is 3. The molecule has 0 spiro atoms. The van der Waals surface area contributed by atoms with Crippen molar-refractivity contribution in [3.8, 4) is 11.5 Å². The van der Waals surface area contributed by atoms with Crippen LogP contribution in [0.3, 0.4) is 0 Å². The highest BCUT2D eigenvalue weighted by Gasteiger charge is 2.38. The van der Waals surface area contributed by atoms with Crippen LogP contribution < -0.4 is 29.8 Å². The molecule has 0 fully saturated rings. The highest BCUT2D eigenvalue weighted by atomic mass is 32.1. The van der Waals surface area contributed by atoms with Crippen molar-refractivity contribution in [3.05, 3.63) is 46.5 Å². The van der Waals surface area contributed by atoms with E-state index in [9.17, 15) is 23.2 Å². The van der Waals surface area contributed by atoms with Gasteiger partial charge in [-0.05, 0) is 35.5 Å². The summed E-state index contributed by atoms with van der Waals surface area (Å²) in [5.41, 5.74) is 0.472. The number of hydrogen-bond acceptors (Lipinski definition) is 6. The van der Waals surface area contributed by atoms with Crippen molar-refractivity contribution in [2.75, 3.05) is 27.9 Å². The second kappa shape index (κ2) is 9.59. The number of carbonyl (C=O) groups excluding carboxylic acids is 1. The molecule has 0 unspecified atom stereocenters. The number of alkyl halides is 3. The van der Waals surface area contributed by atoms with E-state index >= 15 is 0 Å². The lowest BCUT2D eigenvalue weighted by Crippen LogP contribution is -2.73. The Kier molecular flexibility index (Phi) is 7.06.